The first-order valence-electron chi connectivity index (χ1n) is 9.32. The highest BCUT2D eigenvalue weighted by Crippen LogP contribution is 2.11. The van der Waals surface area contributed by atoms with Crippen LogP contribution in [0.25, 0.3) is 0 Å². The summed E-state index contributed by atoms with van der Waals surface area (Å²) in [4.78, 5) is 35.8. The first-order valence-corrected chi connectivity index (χ1v) is 9.32. The Morgan fingerprint density at radius 1 is 0.828 bits per heavy atom. The summed E-state index contributed by atoms with van der Waals surface area (Å²) in [5, 5.41) is 11.2. The standard InChI is InChI=1S/C21H26N4O4/c1-3-22-20(27)15-6-10-18(11-7-15)25-19(26)14-24-17-8-4-16(5-9-17)21(28)23-12-13-29-2/h4-11,24H,3,12-14H2,1-2H3,(H,22,27)(H,23,28)(H,25,26). The van der Waals surface area contributed by atoms with Gasteiger partial charge in [0.25, 0.3) is 11.8 Å². The number of ether oxygens (including phenoxy) is 1. The Morgan fingerprint density at radius 3 is 1.93 bits per heavy atom. The van der Waals surface area contributed by atoms with Gasteiger partial charge >= 0.3 is 0 Å². The molecule has 0 unspecified atom stereocenters. The number of hydrogen-bond acceptors (Lipinski definition) is 5. The van der Waals surface area contributed by atoms with Gasteiger partial charge in [0.2, 0.25) is 5.91 Å². The molecule has 4 N–H and O–H groups in total. The highest BCUT2D eigenvalue weighted by atomic mass is 16.5. The summed E-state index contributed by atoms with van der Waals surface area (Å²) in [6.45, 7) is 3.37. The second-order valence-electron chi connectivity index (χ2n) is 6.16. The Bertz CT molecular complexity index is 820. The molecule has 0 heterocycles. The third kappa shape index (κ3) is 7.27. The molecule has 3 amide bonds. The predicted molar refractivity (Wildman–Crippen MR) is 112 cm³/mol. The number of carbonyl (C=O) groups is 3. The molecule has 29 heavy (non-hydrogen) atoms. The SMILES string of the molecule is CCNC(=O)c1ccc(NC(=O)CNc2ccc(C(=O)NCCOC)cc2)cc1. The van der Waals surface area contributed by atoms with Crippen LogP contribution in [0, 0.1) is 0 Å². The van der Waals surface area contributed by atoms with Crippen LogP contribution in [0.1, 0.15) is 27.6 Å². The molecule has 0 spiro atoms. The van der Waals surface area contributed by atoms with Gasteiger partial charge in [-0.25, -0.2) is 0 Å². The fourth-order valence-electron chi connectivity index (χ4n) is 2.46. The lowest BCUT2D eigenvalue weighted by Gasteiger charge is -2.09. The van der Waals surface area contributed by atoms with Crippen molar-refractivity contribution in [3.05, 3.63) is 59.7 Å². The van der Waals surface area contributed by atoms with Crippen molar-refractivity contribution < 1.29 is 19.1 Å². The second-order valence-corrected chi connectivity index (χ2v) is 6.16. The molecule has 0 radical (unpaired) electrons. The van der Waals surface area contributed by atoms with Crippen LogP contribution in [0.4, 0.5) is 11.4 Å². The van der Waals surface area contributed by atoms with Crippen LogP contribution >= 0.6 is 0 Å². The second kappa shape index (κ2) is 11.5. The van der Waals surface area contributed by atoms with Gasteiger partial charge in [-0.1, -0.05) is 0 Å². The van der Waals surface area contributed by atoms with Crippen molar-refractivity contribution in [1.29, 1.82) is 0 Å². The minimum atomic E-state index is -0.225. The number of rotatable bonds is 10. The van der Waals surface area contributed by atoms with E-state index in [1.165, 1.54) is 0 Å². The van der Waals surface area contributed by atoms with Gasteiger partial charge < -0.3 is 26.0 Å². The van der Waals surface area contributed by atoms with Crippen molar-refractivity contribution >= 4 is 29.1 Å². The summed E-state index contributed by atoms with van der Waals surface area (Å²) in [6.07, 6.45) is 0. The van der Waals surface area contributed by atoms with E-state index in [0.29, 0.717) is 36.5 Å². The monoisotopic (exact) mass is 398 g/mol. The van der Waals surface area contributed by atoms with Crippen molar-refractivity contribution in [2.75, 3.05) is 44.0 Å². The Morgan fingerprint density at radius 2 is 1.38 bits per heavy atom. The van der Waals surface area contributed by atoms with E-state index in [1.54, 1.807) is 55.6 Å². The van der Waals surface area contributed by atoms with E-state index in [0.717, 1.165) is 5.69 Å². The molecular formula is C21H26N4O4. The lowest BCUT2D eigenvalue weighted by atomic mass is 10.2. The molecule has 0 saturated heterocycles. The highest BCUT2D eigenvalue weighted by molar-refractivity contribution is 5.97. The van der Waals surface area contributed by atoms with Gasteiger partial charge in [0.05, 0.1) is 13.2 Å². The summed E-state index contributed by atoms with van der Waals surface area (Å²) >= 11 is 0. The largest absolute Gasteiger partial charge is 0.383 e. The van der Waals surface area contributed by atoms with Crippen LogP contribution in [-0.4, -0.2) is 51.1 Å². The van der Waals surface area contributed by atoms with Gasteiger partial charge in [0.1, 0.15) is 0 Å². The number of nitrogens with one attached hydrogen (secondary N) is 4. The van der Waals surface area contributed by atoms with Gasteiger partial charge in [0.15, 0.2) is 0 Å². The first kappa shape index (κ1) is 21.9. The van der Waals surface area contributed by atoms with Gasteiger partial charge in [-0.2, -0.15) is 0 Å². The number of amides is 3. The van der Waals surface area contributed by atoms with Crippen molar-refractivity contribution in [3.8, 4) is 0 Å². The highest BCUT2D eigenvalue weighted by Gasteiger charge is 2.07. The number of carbonyl (C=O) groups excluding carboxylic acids is 3. The van der Waals surface area contributed by atoms with E-state index in [9.17, 15) is 14.4 Å². The molecule has 0 saturated carbocycles. The molecule has 0 fully saturated rings. The summed E-state index contributed by atoms with van der Waals surface area (Å²) in [5.74, 6) is -0.553. The fraction of sp³-hybridized carbons (Fsp3) is 0.286. The van der Waals surface area contributed by atoms with Gasteiger partial charge in [0, 0.05) is 42.7 Å². The van der Waals surface area contributed by atoms with Crippen LogP contribution < -0.4 is 21.3 Å². The lowest BCUT2D eigenvalue weighted by molar-refractivity contribution is -0.114. The predicted octanol–water partition coefficient (Wildman–Crippen LogP) is 1.86. The molecule has 0 atom stereocenters. The molecule has 8 heteroatoms. The molecule has 8 nitrogen and oxygen atoms in total. The zero-order valence-electron chi connectivity index (χ0n) is 16.6. The van der Waals surface area contributed by atoms with E-state index in [4.69, 9.17) is 4.74 Å². The normalized spacial score (nSPS) is 10.1. The van der Waals surface area contributed by atoms with Crippen molar-refractivity contribution in [2.45, 2.75) is 6.92 Å². The molecule has 2 aromatic carbocycles. The molecule has 0 bridgehead atoms. The van der Waals surface area contributed by atoms with E-state index in [1.807, 2.05) is 6.92 Å². The Balaban J connectivity index is 1.80. The summed E-state index contributed by atoms with van der Waals surface area (Å²) in [7, 11) is 1.57. The minimum absolute atomic E-state index is 0.0669. The van der Waals surface area contributed by atoms with E-state index < -0.39 is 0 Å². The minimum Gasteiger partial charge on any atom is -0.383 e. The van der Waals surface area contributed by atoms with Gasteiger partial charge in [-0.05, 0) is 55.5 Å². The van der Waals surface area contributed by atoms with E-state index in [2.05, 4.69) is 21.3 Å². The van der Waals surface area contributed by atoms with Crippen LogP contribution in [-0.2, 0) is 9.53 Å². The van der Waals surface area contributed by atoms with Crippen LogP contribution in [0.15, 0.2) is 48.5 Å². The number of benzene rings is 2. The average Bonchev–Trinajstić information content (AvgIpc) is 2.73. The molecule has 0 aliphatic heterocycles. The maximum atomic E-state index is 12.1. The van der Waals surface area contributed by atoms with Gasteiger partial charge in [-0.3, -0.25) is 14.4 Å². The zero-order valence-corrected chi connectivity index (χ0v) is 16.6. The molecule has 2 aromatic rings. The Kier molecular flexibility index (Phi) is 8.65. The quantitative estimate of drug-likeness (QED) is 0.457. The molecule has 0 aromatic heterocycles. The summed E-state index contributed by atoms with van der Waals surface area (Å²) in [6, 6.07) is 13.5. The first-order chi connectivity index (χ1) is 14.0. The van der Waals surface area contributed by atoms with Crippen LogP contribution in [0.3, 0.4) is 0 Å². The molecular weight excluding hydrogens is 372 g/mol. The van der Waals surface area contributed by atoms with Gasteiger partial charge in [-0.15, -0.1) is 0 Å². The number of methoxy groups -OCH3 is 1. The average molecular weight is 398 g/mol. The molecule has 0 aliphatic rings. The molecule has 154 valence electrons. The van der Waals surface area contributed by atoms with Crippen molar-refractivity contribution in [1.82, 2.24) is 10.6 Å². The maximum absolute atomic E-state index is 12.1. The third-order valence-electron chi connectivity index (χ3n) is 3.96. The van der Waals surface area contributed by atoms with Crippen LogP contribution in [0.2, 0.25) is 0 Å². The number of anilines is 2. The third-order valence-corrected chi connectivity index (χ3v) is 3.96. The van der Waals surface area contributed by atoms with Crippen molar-refractivity contribution in [3.63, 3.8) is 0 Å². The molecule has 0 aliphatic carbocycles. The Labute approximate surface area is 170 Å². The maximum Gasteiger partial charge on any atom is 0.251 e. The molecule has 2 rings (SSSR count). The fourth-order valence-corrected chi connectivity index (χ4v) is 2.46. The van der Waals surface area contributed by atoms with E-state index in [-0.39, 0.29) is 24.3 Å². The summed E-state index contributed by atoms with van der Waals surface area (Å²) in [5.41, 5.74) is 2.39. The number of hydrogen-bond donors (Lipinski definition) is 4. The summed E-state index contributed by atoms with van der Waals surface area (Å²) < 4.78 is 4.89. The Hall–Kier alpha value is -3.39. The van der Waals surface area contributed by atoms with E-state index >= 15 is 0 Å². The van der Waals surface area contributed by atoms with Crippen molar-refractivity contribution in [2.24, 2.45) is 0 Å². The smallest absolute Gasteiger partial charge is 0.251 e. The zero-order chi connectivity index (χ0) is 21.1. The lowest BCUT2D eigenvalue weighted by Crippen LogP contribution is -2.26. The topological polar surface area (TPSA) is 109 Å². The van der Waals surface area contributed by atoms with Crippen LogP contribution in [0.5, 0.6) is 0 Å².